The summed E-state index contributed by atoms with van der Waals surface area (Å²) >= 11 is 5.83. The van der Waals surface area contributed by atoms with Crippen molar-refractivity contribution in [2.75, 3.05) is 11.9 Å². The van der Waals surface area contributed by atoms with Crippen LogP contribution in [-0.4, -0.2) is 46.2 Å². The Bertz CT molecular complexity index is 1110. The zero-order chi connectivity index (χ0) is 24.3. The molecular formula is C22H20ClN3O7. The van der Waals surface area contributed by atoms with E-state index in [1.165, 1.54) is 24.3 Å². The number of imide groups is 1. The molecule has 0 saturated heterocycles. The minimum atomic E-state index is -1.23. The summed E-state index contributed by atoms with van der Waals surface area (Å²) in [7, 11) is 0. The summed E-state index contributed by atoms with van der Waals surface area (Å²) in [6, 6.07) is 8.62. The molecule has 1 N–H and O–H groups in total. The largest absolute Gasteiger partial charge is 0.454 e. The zero-order valence-electron chi connectivity index (χ0n) is 17.7. The summed E-state index contributed by atoms with van der Waals surface area (Å²) in [4.78, 5) is 62.0. The first-order valence-corrected chi connectivity index (χ1v) is 10.3. The number of hydrogen-bond donors (Lipinski definition) is 1. The molecule has 11 heteroatoms. The van der Waals surface area contributed by atoms with Crippen LogP contribution >= 0.6 is 11.6 Å². The number of carbonyl (C=O) groups is 4. The van der Waals surface area contributed by atoms with Crippen molar-refractivity contribution in [3.8, 4) is 0 Å². The Balaban J connectivity index is 1.73. The molecule has 172 valence electrons. The Morgan fingerprint density at radius 3 is 2.27 bits per heavy atom. The van der Waals surface area contributed by atoms with Gasteiger partial charge in [0.25, 0.3) is 23.4 Å². The highest BCUT2D eigenvalue weighted by Crippen LogP contribution is 2.29. The van der Waals surface area contributed by atoms with Crippen LogP contribution in [0.3, 0.4) is 0 Å². The van der Waals surface area contributed by atoms with Gasteiger partial charge in [-0.15, -0.1) is 0 Å². The highest BCUT2D eigenvalue weighted by atomic mass is 35.5. The maximum Gasteiger partial charge on any atom is 0.329 e. The van der Waals surface area contributed by atoms with Crippen LogP contribution in [-0.2, 0) is 14.3 Å². The molecule has 3 rings (SSSR count). The SMILES string of the molecule is CC(C)C[C@@H](C(=O)OCC(=O)Nc1cc(Cl)ccc1[N+](=O)[O-])N1C(=O)c2ccccc2C1=O. The van der Waals surface area contributed by atoms with Crippen LogP contribution in [0.2, 0.25) is 5.02 Å². The summed E-state index contributed by atoms with van der Waals surface area (Å²) in [5.74, 6) is -3.09. The molecule has 10 nitrogen and oxygen atoms in total. The van der Waals surface area contributed by atoms with E-state index in [1.807, 2.05) is 13.8 Å². The van der Waals surface area contributed by atoms with E-state index in [-0.39, 0.29) is 39.9 Å². The number of amides is 3. The predicted octanol–water partition coefficient (Wildman–Crippen LogP) is 3.44. The van der Waals surface area contributed by atoms with Crippen molar-refractivity contribution in [3.63, 3.8) is 0 Å². The van der Waals surface area contributed by atoms with E-state index in [2.05, 4.69) is 5.32 Å². The molecule has 0 spiro atoms. The Kier molecular flexibility index (Phi) is 7.07. The zero-order valence-corrected chi connectivity index (χ0v) is 18.5. The lowest BCUT2D eigenvalue weighted by Gasteiger charge is -2.25. The minimum Gasteiger partial charge on any atom is -0.454 e. The van der Waals surface area contributed by atoms with Crippen molar-refractivity contribution < 1.29 is 28.8 Å². The summed E-state index contributed by atoms with van der Waals surface area (Å²) in [6.45, 7) is 2.84. The second-order valence-corrected chi connectivity index (χ2v) is 8.18. The first-order valence-electron chi connectivity index (χ1n) is 9.97. The molecule has 0 aromatic heterocycles. The predicted molar refractivity (Wildman–Crippen MR) is 118 cm³/mol. The molecule has 1 aliphatic rings. The van der Waals surface area contributed by atoms with Crippen LogP contribution in [0.4, 0.5) is 11.4 Å². The normalized spacial score (nSPS) is 13.6. The van der Waals surface area contributed by atoms with Crippen LogP contribution in [0.25, 0.3) is 0 Å². The third-order valence-corrected chi connectivity index (χ3v) is 5.11. The fourth-order valence-corrected chi connectivity index (χ4v) is 3.60. The number of nitrogens with zero attached hydrogens (tertiary/aromatic N) is 2. The first-order chi connectivity index (χ1) is 15.6. The topological polar surface area (TPSA) is 136 Å². The number of nitro groups is 1. The number of anilines is 1. The van der Waals surface area contributed by atoms with E-state index in [1.54, 1.807) is 12.1 Å². The van der Waals surface area contributed by atoms with Crippen molar-refractivity contribution in [3.05, 3.63) is 68.7 Å². The molecule has 1 aliphatic heterocycles. The van der Waals surface area contributed by atoms with Crippen molar-refractivity contribution in [1.29, 1.82) is 0 Å². The van der Waals surface area contributed by atoms with Gasteiger partial charge < -0.3 is 10.1 Å². The fourth-order valence-electron chi connectivity index (χ4n) is 3.43. The van der Waals surface area contributed by atoms with E-state index in [0.717, 1.165) is 11.0 Å². The molecule has 0 saturated carbocycles. The first kappa shape index (κ1) is 23.9. The van der Waals surface area contributed by atoms with E-state index in [9.17, 15) is 29.3 Å². The van der Waals surface area contributed by atoms with E-state index in [4.69, 9.17) is 16.3 Å². The van der Waals surface area contributed by atoms with Crippen LogP contribution in [0.1, 0.15) is 41.0 Å². The molecule has 2 aromatic carbocycles. The van der Waals surface area contributed by atoms with E-state index < -0.39 is 41.3 Å². The van der Waals surface area contributed by atoms with Gasteiger partial charge in [-0.1, -0.05) is 37.6 Å². The molecule has 1 atom stereocenters. The standard InChI is InChI=1S/C22H20ClN3O7/c1-12(2)9-18(25-20(28)14-5-3-4-6-15(14)21(25)29)22(30)33-11-19(27)24-16-10-13(23)7-8-17(16)26(31)32/h3-8,10,12,18H,9,11H2,1-2H3,(H,24,27)/t18-/m0/s1. The second-order valence-electron chi connectivity index (χ2n) is 7.75. The number of esters is 1. The number of halogens is 1. The highest BCUT2D eigenvalue weighted by Gasteiger charge is 2.43. The van der Waals surface area contributed by atoms with Gasteiger partial charge >= 0.3 is 5.97 Å². The molecule has 2 aromatic rings. The summed E-state index contributed by atoms with van der Waals surface area (Å²) in [5, 5.41) is 13.6. The number of carbonyl (C=O) groups excluding carboxylic acids is 4. The molecule has 1 heterocycles. The van der Waals surface area contributed by atoms with Gasteiger partial charge in [0, 0.05) is 11.1 Å². The number of hydrogen-bond acceptors (Lipinski definition) is 7. The van der Waals surface area contributed by atoms with Gasteiger partial charge in [-0.25, -0.2) is 4.79 Å². The molecule has 0 aliphatic carbocycles. The maximum atomic E-state index is 12.8. The lowest BCUT2D eigenvalue weighted by molar-refractivity contribution is -0.383. The maximum absolute atomic E-state index is 12.8. The number of benzene rings is 2. The molecule has 33 heavy (non-hydrogen) atoms. The van der Waals surface area contributed by atoms with Crippen LogP contribution in [0.5, 0.6) is 0 Å². The molecule has 0 bridgehead atoms. The fraction of sp³-hybridized carbons (Fsp3) is 0.273. The number of fused-ring (bicyclic) bond motifs is 1. The number of nitro benzene ring substituents is 1. The molecular weight excluding hydrogens is 454 g/mol. The van der Waals surface area contributed by atoms with Crippen molar-refractivity contribution >= 4 is 46.7 Å². The lowest BCUT2D eigenvalue weighted by Crippen LogP contribution is -2.46. The number of rotatable bonds is 8. The summed E-state index contributed by atoms with van der Waals surface area (Å²) in [5.41, 5.74) is -0.166. The van der Waals surface area contributed by atoms with Gasteiger partial charge in [0.2, 0.25) is 0 Å². The van der Waals surface area contributed by atoms with Gasteiger partial charge in [-0.2, -0.15) is 0 Å². The van der Waals surface area contributed by atoms with Crippen molar-refractivity contribution in [2.45, 2.75) is 26.3 Å². The number of nitrogens with one attached hydrogen (secondary N) is 1. The average Bonchev–Trinajstić information content (AvgIpc) is 3.00. The Morgan fingerprint density at radius 1 is 1.12 bits per heavy atom. The quantitative estimate of drug-likeness (QED) is 0.268. The van der Waals surface area contributed by atoms with Gasteiger partial charge in [0.1, 0.15) is 11.7 Å². The third-order valence-electron chi connectivity index (χ3n) is 4.88. The van der Waals surface area contributed by atoms with Crippen molar-refractivity contribution in [1.82, 2.24) is 4.90 Å². The van der Waals surface area contributed by atoms with Gasteiger partial charge in [0.15, 0.2) is 6.61 Å². The van der Waals surface area contributed by atoms with Crippen LogP contribution in [0.15, 0.2) is 42.5 Å². The van der Waals surface area contributed by atoms with Crippen molar-refractivity contribution in [2.24, 2.45) is 5.92 Å². The smallest absolute Gasteiger partial charge is 0.329 e. The molecule has 0 radical (unpaired) electrons. The van der Waals surface area contributed by atoms with Gasteiger partial charge in [-0.3, -0.25) is 29.4 Å². The van der Waals surface area contributed by atoms with E-state index in [0.29, 0.717) is 0 Å². The Labute approximate surface area is 193 Å². The van der Waals surface area contributed by atoms with Gasteiger partial charge in [-0.05, 0) is 36.6 Å². The Morgan fingerprint density at radius 2 is 1.73 bits per heavy atom. The van der Waals surface area contributed by atoms with Crippen LogP contribution < -0.4 is 5.32 Å². The van der Waals surface area contributed by atoms with E-state index >= 15 is 0 Å². The molecule has 3 amide bonds. The molecule has 0 unspecified atom stereocenters. The number of ether oxygens (including phenoxy) is 1. The Hall–Kier alpha value is -3.79. The average molecular weight is 474 g/mol. The second kappa shape index (κ2) is 9.78. The summed E-state index contributed by atoms with van der Waals surface area (Å²) < 4.78 is 5.08. The lowest BCUT2D eigenvalue weighted by atomic mass is 10.0. The van der Waals surface area contributed by atoms with Gasteiger partial charge in [0.05, 0.1) is 16.1 Å². The highest BCUT2D eigenvalue weighted by molar-refractivity contribution is 6.31. The monoisotopic (exact) mass is 473 g/mol. The summed E-state index contributed by atoms with van der Waals surface area (Å²) in [6.07, 6.45) is 0.131. The third kappa shape index (κ3) is 5.17. The van der Waals surface area contributed by atoms with Crippen LogP contribution in [0, 0.1) is 16.0 Å². The molecule has 0 fully saturated rings. The minimum absolute atomic E-state index is 0.0743.